The van der Waals surface area contributed by atoms with Gasteiger partial charge in [-0.3, -0.25) is 14.5 Å². The van der Waals surface area contributed by atoms with Crippen LogP contribution in [-0.4, -0.2) is 32.1 Å². The maximum atomic E-state index is 13.8. The van der Waals surface area contributed by atoms with E-state index in [1.165, 1.54) is 25.4 Å². The van der Waals surface area contributed by atoms with Crippen LogP contribution in [0.25, 0.3) is 0 Å². The van der Waals surface area contributed by atoms with E-state index in [0.29, 0.717) is 27.8 Å². The van der Waals surface area contributed by atoms with Crippen molar-refractivity contribution in [3.8, 4) is 11.5 Å². The van der Waals surface area contributed by atoms with E-state index in [2.05, 4.69) is 5.32 Å². The predicted octanol–water partition coefficient (Wildman–Crippen LogP) is 5.40. The molecule has 34 heavy (non-hydrogen) atoms. The fraction of sp³-hybridized carbons (Fsp3) is 0.308. The molecule has 0 bridgehead atoms. The molecule has 4 rings (SSSR count). The zero-order chi connectivity index (χ0) is 24.1. The molecule has 8 heteroatoms. The second-order valence-corrected chi connectivity index (χ2v) is 8.52. The third kappa shape index (κ3) is 4.89. The number of furan rings is 1. The SMILES string of the molecule is COc1ccc([C@@H](C(=O)NC2CCCC2)N(C(=O)c2ccco2)c2ccccc2Cl)cc1OC. The van der Waals surface area contributed by atoms with Crippen LogP contribution in [0.5, 0.6) is 11.5 Å². The van der Waals surface area contributed by atoms with Gasteiger partial charge in [-0.15, -0.1) is 0 Å². The Morgan fingerprint density at radius 3 is 2.41 bits per heavy atom. The van der Waals surface area contributed by atoms with Crippen molar-refractivity contribution in [2.75, 3.05) is 19.1 Å². The van der Waals surface area contributed by atoms with Gasteiger partial charge in [-0.2, -0.15) is 0 Å². The van der Waals surface area contributed by atoms with Crippen LogP contribution in [0.2, 0.25) is 5.02 Å². The Balaban J connectivity index is 1.86. The van der Waals surface area contributed by atoms with Crippen LogP contribution in [0.1, 0.15) is 47.8 Å². The summed E-state index contributed by atoms with van der Waals surface area (Å²) in [5, 5.41) is 3.47. The second kappa shape index (κ2) is 10.7. The molecule has 2 amide bonds. The maximum Gasteiger partial charge on any atom is 0.295 e. The molecule has 1 saturated carbocycles. The van der Waals surface area contributed by atoms with Gasteiger partial charge in [0.25, 0.3) is 5.91 Å². The molecule has 2 aromatic carbocycles. The third-order valence-corrected chi connectivity index (χ3v) is 6.31. The number of amides is 2. The lowest BCUT2D eigenvalue weighted by atomic mass is 10.0. The van der Waals surface area contributed by atoms with Crippen molar-refractivity contribution in [1.82, 2.24) is 5.32 Å². The Hall–Kier alpha value is -3.45. The molecule has 0 spiro atoms. The smallest absolute Gasteiger partial charge is 0.295 e. The molecule has 0 unspecified atom stereocenters. The molecule has 7 nitrogen and oxygen atoms in total. The number of methoxy groups -OCH3 is 2. The minimum atomic E-state index is -1.03. The number of para-hydroxylation sites is 1. The molecular weight excluding hydrogens is 456 g/mol. The van der Waals surface area contributed by atoms with Gasteiger partial charge >= 0.3 is 0 Å². The number of nitrogens with one attached hydrogen (secondary N) is 1. The van der Waals surface area contributed by atoms with Crippen molar-refractivity contribution >= 4 is 29.1 Å². The lowest BCUT2D eigenvalue weighted by molar-refractivity contribution is -0.123. The lowest BCUT2D eigenvalue weighted by Crippen LogP contribution is -2.46. The van der Waals surface area contributed by atoms with Crippen molar-refractivity contribution in [2.45, 2.75) is 37.8 Å². The zero-order valence-corrected chi connectivity index (χ0v) is 19.9. The predicted molar refractivity (Wildman–Crippen MR) is 130 cm³/mol. The van der Waals surface area contributed by atoms with Gasteiger partial charge < -0.3 is 19.2 Å². The summed E-state index contributed by atoms with van der Waals surface area (Å²) in [7, 11) is 3.06. The van der Waals surface area contributed by atoms with Gasteiger partial charge in [0.05, 0.1) is 31.2 Å². The van der Waals surface area contributed by atoms with Gasteiger partial charge in [-0.25, -0.2) is 0 Å². The number of carbonyl (C=O) groups is 2. The molecule has 0 aliphatic heterocycles. The molecular formula is C26H27ClN2O5. The standard InChI is InChI=1S/C26H27ClN2O5/c1-32-21-14-13-17(16-23(21)33-2)24(25(30)28-18-8-3-4-9-18)29(20-11-6-5-10-19(20)27)26(31)22-12-7-15-34-22/h5-7,10-16,18,24H,3-4,8-9H2,1-2H3,(H,28,30)/t24-/m0/s1. The topological polar surface area (TPSA) is 81.0 Å². The van der Waals surface area contributed by atoms with E-state index >= 15 is 0 Å². The highest BCUT2D eigenvalue weighted by atomic mass is 35.5. The summed E-state index contributed by atoms with van der Waals surface area (Å²) < 4.78 is 16.3. The number of anilines is 1. The van der Waals surface area contributed by atoms with Crippen LogP contribution in [0.3, 0.4) is 0 Å². The average Bonchev–Trinajstić information content (AvgIpc) is 3.57. The lowest BCUT2D eigenvalue weighted by Gasteiger charge is -2.32. The maximum absolute atomic E-state index is 13.8. The van der Waals surface area contributed by atoms with Crippen LogP contribution in [0, 0.1) is 0 Å². The van der Waals surface area contributed by atoms with Gasteiger partial charge in [0.2, 0.25) is 5.91 Å². The summed E-state index contributed by atoms with van der Waals surface area (Å²) in [6, 6.07) is 14.3. The van der Waals surface area contributed by atoms with Gasteiger partial charge in [-0.1, -0.05) is 42.6 Å². The monoisotopic (exact) mass is 482 g/mol. The van der Waals surface area contributed by atoms with Gasteiger partial charge in [0.15, 0.2) is 17.3 Å². The van der Waals surface area contributed by atoms with Gasteiger partial charge in [0, 0.05) is 6.04 Å². The summed E-state index contributed by atoms with van der Waals surface area (Å²) in [6.07, 6.45) is 5.35. The van der Waals surface area contributed by atoms with Crippen LogP contribution in [0.15, 0.2) is 65.3 Å². The Labute approximate surface area is 203 Å². The number of carbonyl (C=O) groups excluding carboxylic acids is 2. The van der Waals surface area contributed by atoms with Crippen molar-refractivity contribution in [1.29, 1.82) is 0 Å². The highest BCUT2D eigenvalue weighted by Gasteiger charge is 2.37. The molecule has 0 radical (unpaired) electrons. The first kappa shape index (κ1) is 23.7. The Morgan fingerprint density at radius 2 is 1.76 bits per heavy atom. The van der Waals surface area contributed by atoms with E-state index in [1.807, 2.05) is 0 Å². The van der Waals surface area contributed by atoms with Crippen LogP contribution in [-0.2, 0) is 4.79 Å². The summed E-state index contributed by atoms with van der Waals surface area (Å²) in [5.74, 6) is 0.267. The first-order valence-electron chi connectivity index (χ1n) is 11.2. The van der Waals surface area contributed by atoms with Gasteiger partial charge in [-0.05, 0) is 54.8 Å². The number of hydrogen-bond acceptors (Lipinski definition) is 5. The van der Waals surface area contributed by atoms with Crippen LogP contribution < -0.4 is 19.7 Å². The largest absolute Gasteiger partial charge is 0.493 e. The molecule has 1 heterocycles. The van der Waals surface area contributed by atoms with E-state index in [9.17, 15) is 9.59 Å². The number of rotatable bonds is 8. The highest BCUT2D eigenvalue weighted by Crippen LogP contribution is 2.38. The molecule has 1 atom stereocenters. The molecule has 0 saturated heterocycles. The molecule has 1 N–H and O–H groups in total. The van der Waals surface area contributed by atoms with Crippen molar-refractivity contribution in [3.63, 3.8) is 0 Å². The second-order valence-electron chi connectivity index (χ2n) is 8.11. The highest BCUT2D eigenvalue weighted by molar-refractivity contribution is 6.34. The normalized spacial score (nSPS) is 14.4. The van der Waals surface area contributed by atoms with Crippen molar-refractivity contribution < 1.29 is 23.5 Å². The number of ether oxygens (including phenoxy) is 2. The third-order valence-electron chi connectivity index (χ3n) is 5.99. The molecule has 1 aromatic heterocycles. The summed E-state index contributed by atoms with van der Waals surface area (Å²) >= 11 is 6.54. The first-order chi connectivity index (χ1) is 16.5. The van der Waals surface area contributed by atoms with Crippen molar-refractivity contribution in [3.05, 3.63) is 77.2 Å². The molecule has 178 valence electrons. The van der Waals surface area contributed by atoms with Gasteiger partial charge in [0.1, 0.15) is 6.04 Å². The minimum Gasteiger partial charge on any atom is -0.493 e. The molecule has 1 aliphatic rings. The first-order valence-corrected chi connectivity index (χ1v) is 11.5. The van der Waals surface area contributed by atoms with E-state index < -0.39 is 11.9 Å². The fourth-order valence-electron chi connectivity index (χ4n) is 4.32. The zero-order valence-electron chi connectivity index (χ0n) is 19.1. The summed E-state index contributed by atoms with van der Waals surface area (Å²) in [6.45, 7) is 0. The minimum absolute atomic E-state index is 0.0574. The molecule has 1 fully saturated rings. The number of halogens is 1. The van der Waals surface area contributed by atoms with Crippen molar-refractivity contribution in [2.24, 2.45) is 0 Å². The van der Waals surface area contributed by atoms with E-state index in [0.717, 1.165) is 25.7 Å². The number of benzene rings is 2. The van der Waals surface area contributed by atoms with E-state index in [4.69, 9.17) is 25.5 Å². The Kier molecular flexibility index (Phi) is 7.43. The fourth-order valence-corrected chi connectivity index (χ4v) is 4.55. The van der Waals surface area contributed by atoms with Crippen LogP contribution >= 0.6 is 11.6 Å². The average molecular weight is 483 g/mol. The molecule has 3 aromatic rings. The Morgan fingerprint density at radius 1 is 1.03 bits per heavy atom. The summed E-state index contributed by atoms with van der Waals surface area (Å²) in [5.41, 5.74) is 0.944. The summed E-state index contributed by atoms with van der Waals surface area (Å²) in [4.78, 5) is 28.9. The Bertz CT molecular complexity index is 1140. The van der Waals surface area contributed by atoms with E-state index in [1.54, 1.807) is 54.6 Å². The van der Waals surface area contributed by atoms with Crippen LogP contribution in [0.4, 0.5) is 5.69 Å². The quantitative estimate of drug-likeness (QED) is 0.465. The molecule has 1 aliphatic carbocycles. The number of hydrogen-bond donors (Lipinski definition) is 1. The van der Waals surface area contributed by atoms with E-state index in [-0.39, 0.29) is 17.7 Å². The number of nitrogens with zero attached hydrogens (tertiary/aromatic N) is 1.